The summed E-state index contributed by atoms with van der Waals surface area (Å²) in [7, 11) is 1.79. The van der Waals surface area contributed by atoms with E-state index in [9.17, 15) is 22.8 Å². The van der Waals surface area contributed by atoms with Crippen molar-refractivity contribution in [2.45, 2.75) is 57.8 Å². The molecule has 1 atom stereocenters. The van der Waals surface area contributed by atoms with Crippen LogP contribution < -0.4 is 5.32 Å². The predicted molar refractivity (Wildman–Crippen MR) is 83.2 cm³/mol. The minimum atomic E-state index is -4.40. The standard InChI is InChI=1S/C16H26F3N3O2/c1-15(2,16(17,18)19)10-13(23)20-11-4-8-22(9-5-11)12-6-7-21(3)14(12)24/h11-12H,4-10H2,1-3H3,(H,20,23). The zero-order valence-electron chi connectivity index (χ0n) is 14.4. The predicted octanol–water partition coefficient (Wildman–Crippen LogP) is 1.78. The van der Waals surface area contributed by atoms with E-state index >= 15 is 0 Å². The van der Waals surface area contributed by atoms with E-state index in [2.05, 4.69) is 10.2 Å². The molecule has 2 rings (SSSR count). The Labute approximate surface area is 140 Å². The van der Waals surface area contributed by atoms with Gasteiger partial charge >= 0.3 is 6.18 Å². The minimum absolute atomic E-state index is 0.0872. The summed E-state index contributed by atoms with van der Waals surface area (Å²) in [6.07, 6.45) is -2.84. The van der Waals surface area contributed by atoms with E-state index in [-0.39, 0.29) is 18.0 Å². The molecule has 0 spiro atoms. The lowest BCUT2D eigenvalue weighted by molar-refractivity contribution is -0.213. The zero-order valence-corrected chi connectivity index (χ0v) is 14.4. The first kappa shape index (κ1) is 19.0. The summed E-state index contributed by atoms with van der Waals surface area (Å²) < 4.78 is 38.5. The number of rotatable bonds is 4. The van der Waals surface area contributed by atoms with Crippen LogP contribution in [0.15, 0.2) is 0 Å². The molecule has 0 radical (unpaired) electrons. The van der Waals surface area contributed by atoms with Crippen molar-refractivity contribution in [1.29, 1.82) is 0 Å². The molecule has 0 saturated carbocycles. The molecule has 0 aromatic carbocycles. The number of likely N-dealkylation sites (N-methyl/N-ethyl adjacent to an activating group) is 1. The van der Waals surface area contributed by atoms with Gasteiger partial charge in [-0.15, -0.1) is 0 Å². The molecule has 0 aromatic rings. The molecule has 2 heterocycles. The van der Waals surface area contributed by atoms with Crippen molar-refractivity contribution in [2.24, 2.45) is 5.41 Å². The van der Waals surface area contributed by atoms with Crippen molar-refractivity contribution in [3.63, 3.8) is 0 Å². The van der Waals surface area contributed by atoms with Gasteiger partial charge in [-0.05, 0) is 19.3 Å². The van der Waals surface area contributed by atoms with Gasteiger partial charge < -0.3 is 10.2 Å². The Morgan fingerprint density at radius 3 is 2.21 bits per heavy atom. The highest BCUT2D eigenvalue weighted by molar-refractivity contribution is 5.83. The Morgan fingerprint density at radius 1 is 1.17 bits per heavy atom. The van der Waals surface area contributed by atoms with Gasteiger partial charge in [-0.2, -0.15) is 13.2 Å². The van der Waals surface area contributed by atoms with Gasteiger partial charge in [0.2, 0.25) is 11.8 Å². The Morgan fingerprint density at radius 2 is 1.75 bits per heavy atom. The fourth-order valence-corrected chi connectivity index (χ4v) is 3.28. The lowest BCUT2D eigenvalue weighted by Gasteiger charge is -2.35. The number of hydrogen-bond donors (Lipinski definition) is 1. The summed E-state index contributed by atoms with van der Waals surface area (Å²) in [4.78, 5) is 27.8. The third-order valence-corrected chi connectivity index (χ3v) is 5.10. The van der Waals surface area contributed by atoms with Gasteiger partial charge in [0.15, 0.2) is 0 Å². The number of amides is 2. The van der Waals surface area contributed by atoms with Crippen molar-refractivity contribution in [1.82, 2.24) is 15.1 Å². The molecule has 8 heteroatoms. The fourth-order valence-electron chi connectivity index (χ4n) is 3.28. The van der Waals surface area contributed by atoms with Crippen molar-refractivity contribution in [3.8, 4) is 0 Å². The number of likely N-dealkylation sites (tertiary alicyclic amines) is 2. The normalized spacial score (nSPS) is 24.5. The Bertz CT molecular complexity index is 485. The van der Waals surface area contributed by atoms with Crippen LogP contribution in [0.25, 0.3) is 0 Å². The van der Waals surface area contributed by atoms with Crippen LogP contribution in [-0.4, -0.2) is 66.6 Å². The van der Waals surface area contributed by atoms with E-state index < -0.39 is 23.9 Å². The van der Waals surface area contributed by atoms with Crippen molar-refractivity contribution < 1.29 is 22.8 Å². The minimum Gasteiger partial charge on any atom is -0.353 e. The van der Waals surface area contributed by atoms with Crippen LogP contribution in [0, 0.1) is 5.41 Å². The average Bonchev–Trinajstić information content (AvgIpc) is 2.78. The van der Waals surface area contributed by atoms with Crippen LogP contribution in [0.1, 0.15) is 39.5 Å². The molecule has 2 fully saturated rings. The van der Waals surface area contributed by atoms with E-state index in [4.69, 9.17) is 0 Å². The van der Waals surface area contributed by atoms with Crippen LogP contribution in [0.2, 0.25) is 0 Å². The second-order valence-electron chi connectivity index (χ2n) is 7.50. The first-order valence-corrected chi connectivity index (χ1v) is 8.36. The first-order valence-electron chi connectivity index (χ1n) is 8.36. The summed E-state index contributed by atoms with van der Waals surface area (Å²) in [5.41, 5.74) is -2.03. The molecule has 0 aromatic heterocycles. The molecule has 1 unspecified atom stereocenters. The molecule has 24 heavy (non-hydrogen) atoms. The van der Waals surface area contributed by atoms with Gasteiger partial charge in [-0.1, -0.05) is 13.8 Å². The third-order valence-electron chi connectivity index (χ3n) is 5.10. The van der Waals surface area contributed by atoms with Crippen LogP contribution >= 0.6 is 0 Å². The monoisotopic (exact) mass is 349 g/mol. The van der Waals surface area contributed by atoms with Gasteiger partial charge in [-0.3, -0.25) is 14.5 Å². The lowest BCUT2D eigenvalue weighted by Crippen LogP contribution is -2.50. The highest BCUT2D eigenvalue weighted by Crippen LogP contribution is 2.40. The summed E-state index contributed by atoms with van der Waals surface area (Å²) in [6.45, 7) is 4.19. The van der Waals surface area contributed by atoms with E-state index in [0.717, 1.165) is 26.8 Å². The average molecular weight is 349 g/mol. The maximum Gasteiger partial charge on any atom is 0.394 e. The van der Waals surface area contributed by atoms with Gasteiger partial charge in [0.1, 0.15) is 0 Å². The molecule has 138 valence electrons. The lowest BCUT2D eigenvalue weighted by atomic mass is 9.88. The second-order valence-corrected chi connectivity index (χ2v) is 7.50. The Hall–Kier alpha value is -1.31. The molecule has 5 nitrogen and oxygen atoms in total. The topological polar surface area (TPSA) is 52.6 Å². The van der Waals surface area contributed by atoms with Crippen molar-refractivity contribution in [2.75, 3.05) is 26.7 Å². The molecule has 0 bridgehead atoms. The van der Waals surface area contributed by atoms with Crippen molar-refractivity contribution in [3.05, 3.63) is 0 Å². The molecular formula is C16H26F3N3O2. The van der Waals surface area contributed by atoms with Gasteiger partial charge in [0.05, 0.1) is 11.5 Å². The smallest absolute Gasteiger partial charge is 0.353 e. The second kappa shape index (κ2) is 6.90. The summed E-state index contributed by atoms with van der Waals surface area (Å²) in [5.74, 6) is -0.433. The van der Waals surface area contributed by atoms with Crippen LogP contribution in [0.3, 0.4) is 0 Å². The Balaban J connectivity index is 1.79. The van der Waals surface area contributed by atoms with Gasteiger partial charge in [0.25, 0.3) is 0 Å². The molecule has 2 amide bonds. The third kappa shape index (κ3) is 4.20. The first-order chi connectivity index (χ1) is 11.0. The highest BCUT2D eigenvalue weighted by atomic mass is 19.4. The molecule has 0 aliphatic carbocycles. The number of alkyl halides is 3. The summed E-state index contributed by atoms with van der Waals surface area (Å²) >= 11 is 0. The SMILES string of the molecule is CN1CCC(N2CCC(NC(=O)CC(C)(C)C(F)(F)F)CC2)C1=O. The number of carbonyl (C=O) groups is 2. The van der Waals surface area contributed by atoms with E-state index in [1.807, 2.05) is 0 Å². The number of halogens is 3. The quantitative estimate of drug-likeness (QED) is 0.842. The van der Waals surface area contributed by atoms with Gasteiger partial charge in [0, 0.05) is 39.1 Å². The van der Waals surface area contributed by atoms with E-state index in [0.29, 0.717) is 25.9 Å². The number of nitrogens with one attached hydrogen (secondary N) is 1. The number of carbonyl (C=O) groups excluding carboxylic acids is 2. The molecular weight excluding hydrogens is 323 g/mol. The molecule has 1 N–H and O–H groups in total. The van der Waals surface area contributed by atoms with Crippen LogP contribution in [-0.2, 0) is 9.59 Å². The maximum atomic E-state index is 12.8. The zero-order chi connectivity index (χ0) is 18.1. The fraction of sp³-hybridized carbons (Fsp3) is 0.875. The van der Waals surface area contributed by atoms with Gasteiger partial charge in [-0.25, -0.2) is 0 Å². The Kier molecular flexibility index (Phi) is 5.47. The summed E-state index contributed by atoms with van der Waals surface area (Å²) in [5, 5.41) is 2.72. The molecule has 2 aliphatic rings. The van der Waals surface area contributed by atoms with Crippen LogP contribution in [0.5, 0.6) is 0 Å². The van der Waals surface area contributed by atoms with Crippen LogP contribution in [0.4, 0.5) is 13.2 Å². The number of hydrogen-bond acceptors (Lipinski definition) is 3. The number of piperidine rings is 1. The van der Waals surface area contributed by atoms with E-state index in [1.165, 1.54) is 0 Å². The number of nitrogens with zero attached hydrogens (tertiary/aromatic N) is 2. The van der Waals surface area contributed by atoms with Crippen molar-refractivity contribution >= 4 is 11.8 Å². The summed E-state index contributed by atoms with van der Waals surface area (Å²) in [6, 6.07) is -0.206. The molecule has 2 aliphatic heterocycles. The maximum absolute atomic E-state index is 12.8. The molecule has 2 saturated heterocycles. The highest BCUT2D eigenvalue weighted by Gasteiger charge is 2.48. The largest absolute Gasteiger partial charge is 0.394 e. The van der Waals surface area contributed by atoms with E-state index in [1.54, 1.807) is 11.9 Å².